The molecule has 0 aliphatic rings. The molecule has 1 N–H and O–H groups in total. The number of hydrogen-bond acceptors (Lipinski definition) is 4. The maximum atomic E-state index is 13.2. The van der Waals surface area contributed by atoms with Crippen molar-refractivity contribution < 1.29 is 19.1 Å². The van der Waals surface area contributed by atoms with Crippen molar-refractivity contribution >= 4 is 22.7 Å². The highest BCUT2D eigenvalue weighted by Crippen LogP contribution is 2.32. The van der Waals surface area contributed by atoms with Crippen molar-refractivity contribution in [3.63, 3.8) is 0 Å². The highest BCUT2D eigenvalue weighted by atomic mass is 16.3. The fourth-order valence-corrected chi connectivity index (χ4v) is 3.32. The Morgan fingerprint density at radius 3 is 2.21 bits per heavy atom. The van der Waals surface area contributed by atoms with Gasteiger partial charge in [-0.3, -0.25) is 9.59 Å². The van der Waals surface area contributed by atoms with Gasteiger partial charge in [-0.2, -0.15) is 0 Å². The van der Waals surface area contributed by atoms with Crippen molar-refractivity contribution in [1.82, 2.24) is 4.90 Å². The van der Waals surface area contributed by atoms with Crippen LogP contribution in [0.1, 0.15) is 82.0 Å². The van der Waals surface area contributed by atoms with E-state index in [4.69, 9.17) is 4.42 Å². The first kappa shape index (κ1) is 23.1. The molecule has 0 atom stereocenters. The summed E-state index contributed by atoms with van der Waals surface area (Å²) < 4.78 is 5.93. The molecular weight excluding hydrogens is 366 g/mol. The smallest absolute Gasteiger partial charge is 0.227 e. The van der Waals surface area contributed by atoms with Crippen LogP contribution in [0.4, 0.5) is 0 Å². The minimum absolute atomic E-state index is 0.0203. The van der Waals surface area contributed by atoms with Gasteiger partial charge >= 0.3 is 0 Å². The Kier molecular flexibility index (Phi) is 8.03. The molecule has 2 rings (SSSR count). The van der Waals surface area contributed by atoms with Crippen LogP contribution >= 0.6 is 0 Å². The Morgan fingerprint density at radius 2 is 1.69 bits per heavy atom. The van der Waals surface area contributed by atoms with Crippen molar-refractivity contribution in [2.24, 2.45) is 5.41 Å². The molecule has 5 heteroatoms. The first-order chi connectivity index (χ1) is 13.7. The third-order valence-electron chi connectivity index (χ3n) is 5.17. The van der Waals surface area contributed by atoms with Gasteiger partial charge in [0.05, 0.1) is 13.0 Å². The second-order valence-electron chi connectivity index (χ2n) is 8.74. The van der Waals surface area contributed by atoms with Gasteiger partial charge in [-0.15, -0.1) is 0 Å². The van der Waals surface area contributed by atoms with E-state index >= 15 is 0 Å². The van der Waals surface area contributed by atoms with E-state index in [1.807, 2.05) is 31.7 Å². The van der Waals surface area contributed by atoms with E-state index in [0.717, 1.165) is 49.7 Å². The lowest BCUT2D eigenvalue weighted by molar-refractivity contribution is -0.130. The van der Waals surface area contributed by atoms with E-state index in [-0.39, 0.29) is 30.5 Å². The summed E-state index contributed by atoms with van der Waals surface area (Å²) in [5.74, 6) is 0.171. The predicted octanol–water partition coefficient (Wildman–Crippen LogP) is 5.13. The molecule has 160 valence electrons. The largest absolute Gasteiger partial charge is 0.453 e. The van der Waals surface area contributed by atoms with E-state index in [0.29, 0.717) is 11.1 Å². The molecule has 0 saturated carbocycles. The van der Waals surface area contributed by atoms with Crippen molar-refractivity contribution in [1.29, 1.82) is 0 Å². The molecule has 0 radical (unpaired) electrons. The van der Waals surface area contributed by atoms with E-state index < -0.39 is 5.41 Å². The third-order valence-corrected chi connectivity index (χ3v) is 5.17. The zero-order valence-corrected chi connectivity index (χ0v) is 18.5. The number of benzene rings is 1. The summed E-state index contributed by atoms with van der Waals surface area (Å²) in [4.78, 5) is 28.1. The van der Waals surface area contributed by atoms with Crippen LogP contribution in [0, 0.1) is 5.41 Å². The number of aliphatic hydroxyl groups excluding tert-OH is 1. The van der Waals surface area contributed by atoms with Gasteiger partial charge in [0.25, 0.3) is 0 Å². The van der Waals surface area contributed by atoms with Crippen LogP contribution in [-0.2, 0) is 17.8 Å². The SMILES string of the molecule is CCCCN(CCCC)C(=O)Cc1c(C(=O)C(C)(C)C)oc2ccc(CO)cc12. The van der Waals surface area contributed by atoms with Gasteiger partial charge in [-0.05, 0) is 30.5 Å². The first-order valence-electron chi connectivity index (χ1n) is 10.7. The topological polar surface area (TPSA) is 70.8 Å². The number of nitrogens with zero attached hydrogens (tertiary/aromatic N) is 1. The summed E-state index contributed by atoms with van der Waals surface area (Å²) in [5, 5.41) is 10.3. The zero-order chi connectivity index (χ0) is 21.6. The summed E-state index contributed by atoms with van der Waals surface area (Å²) >= 11 is 0. The molecule has 0 saturated heterocycles. The van der Waals surface area contributed by atoms with E-state index in [2.05, 4.69) is 13.8 Å². The summed E-state index contributed by atoms with van der Waals surface area (Å²) in [5.41, 5.74) is 1.33. The lowest BCUT2D eigenvalue weighted by Gasteiger charge is -2.23. The second kappa shape index (κ2) is 10.1. The average molecular weight is 402 g/mol. The molecule has 1 aromatic heterocycles. The fraction of sp³-hybridized carbons (Fsp3) is 0.583. The molecular formula is C24H35NO4. The average Bonchev–Trinajstić information content (AvgIpc) is 3.03. The van der Waals surface area contributed by atoms with Gasteiger partial charge in [-0.25, -0.2) is 0 Å². The molecule has 29 heavy (non-hydrogen) atoms. The standard InChI is InChI=1S/C24H35NO4/c1-6-8-12-25(13-9-7-2)21(27)15-19-18-14-17(16-26)10-11-20(18)29-22(19)23(28)24(3,4)5/h10-11,14,26H,6-9,12-13,15-16H2,1-5H3. The number of carbonyl (C=O) groups is 2. The quantitative estimate of drug-likeness (QED) is 0.561. The van der Waals surface area contributed by atoms with Crippen LogP contribution in [0.5, 0.6) is 0 Å². The molecule has 0 spiro atoms. The zero-order valence-electron chi connectivity index (χ0n) is 18.5. The number of hydrogen-bond donors (Lipinski definition) is 1. The fourth-order valence-electron chi connectivity index (χ4n) is 3.32. The first-order valence-corrected chi connectivity index (χ1v) is 10.7. The van der Waals surface area contributed by atoms with Gasteiger partial charge in [0.1, 0.15) is 5.58 Å². The van der Waals surface area contributed by atoms with Crippen LogP contribution in [0.25, 0.3) is 11.0 Å². The maximum absolute atomic E-state index is 13.2. The summed E-state index contributed by atoms with van der Waals surface area (Å²) in [6.45, 7) is 11.1. The second-order valence-corrected chi connectivity index (χ2v) is 8.74. The van der Waals surface area contributed by atoms with Gasteiger partial charge in [0.15, 0.2) is 5.76 Å². The number of carbonyl (C=O) groups excluding carboxylic acids is 2. The van der Waals surface area contributed by atoms with E-state index in [1.54, 1.807) is 12.1 Å². The molecule has 1 heterocycles. The number of Topliss-reactive ketones (excluding diaryl/α,β-unsaturated/α-hetero) is 1. The van der Waals surface area contributed by atoms with Crippen molar-refractivity contribution in [2.45, 2.75) is 73.3 Å². The third kappa shape index (κ3) is 5.69. The van der Waals surface area contributed by atoms with Gasteiger partial charge in [0.2, 0.25) is 11.7 Å². The van der Waals surface area contributed by atoms with Crippen LogP contribution in [-0.4, -0.2) is 34.8 Å². The van der Waals surface area contributed by atoms with Crippen LogP contribution < -0.4 is 0 Å². The Labute approximate surface area is 174 Å². The molecule has 5 nitrogen and oxygen atoms in total. The number of ketones is 1. The van der Waals surface area contributed by atoms with Crippen molar-refractivity contribution in [3.05, 3.63) is 35.1 Å². The van der Waals surface area contributed by atoms with E-state index in [9.17, 15) is 14.7 Å². The Bertz CT molecular complexity index is 836. The van der Waals surface area contributed by atoms with Crippen LogP contribution in [0.2, 0.25) is 0 Å². The van der Waals surface area contributed by atoms with E-state index in [1.165, 1.54) is 0 Å². The molecule has 0 aliphatic carbocycles. The lowest BCUT2D eigenvalue weighted by atomic mass is 9.87. The van der Waals surface area contributed by atoms with Crippen LogP contribution in [0.15, 0.2) is 22.6 Å². The lowest BCUT2D eigenvalue weighted by Crippen LogP contribution is -2.34. The molecule has 0 unspecified atom stereocenters. The minimum Gasteiger partial charge on any atom is -0.453 e. The molecule has 0 bridgehead atoms. The molecule has 1 amide bonds. The Balaban J connectivity index is 2.47. The number of aliphatic hydroxyl groups is 1. The molecule has 0 aliphatic heterocycles. The Morgan fingerprint density at radius 1 is 1.07 bits per heavy atom. The van der Waals surface area contributed by atoms with Crippen molar-refractivity contribution in [2.75, 3.05) is 13.1 Å². The number of fused-ring (bicyclic) bond motifs is 1. The highest BCUT2D eigenvalue weighted by molar-refractivity contribution is 6.04. The number of unbranched alkanes of at least 4 members (excludes halogenated alkanes) is 2. The monoisotopic (exact) mass is 401 g/mol. The van der Waals surface area contributed by atoms with Crippen LogP contribution in [0.3, 0.4) is 0 Å². The summed E-state index contributed by atoms with van der Waals surface area (Å²) in [7, 11) is 0. The normalized spacial score (nSPS) is 11.8. The minimum atomic E-state index is -0.615. The number of amides is 1. The van der Waals surface area contributed by atoms with Gasteiger partial charge in [-0.1, -0.05) is 53.5 Å². The van der Waals surface area contributed by atoms with Gasteiger partial charge in [0, 0.05) is 29.5 Å². The highest BCUT2D eigenvalue weighted by Gasteiger charge is 2.31. The van der Waals surface area contributed by atoms with Gasteiger partial charge < -0.3 is 14.4 Å². The summed E-state index contributed by atoms with van der Waals surface area (Å²) in [6, 6.07) is 5.36. The molecule has 2 aromatic rings. The number of furan rings is 1. The number of rotatable bonds is 10. The molecule has 1 aromatic carbocycles. The summed E-state index contributed by atoms with van der Waals surface area (Å²) in [6.07, 6.45) is 4.11. The maximum Gasteiger partial charge on any atom is 0.227 e. The Hall–Kier alpha value is -2.14. The van der Waals surface area contributed by atoms with Crippen molar-refractivity contribution in [3.8, 4) is 0 Å². The predicted molar refractivity (Wildman–Crippen MR) is 116 cm³/mol. The molecule has 0 fully saturated rings.